The normalized spacial score (nSPS) is 19.9. The number of halogens is 1. The van der Waals surface area contributed by atoms with Crippen LogP contribution in [0, 0.1) is 5.82 Å². The fourth-order valence-electron chi connectivity index (χ4n) is 1.75. The molecule has 0 bridgehead atoms. The zero-order valence-electron chi connectivity index (χ0n) is 9.51. The van der Waals surface area contributed by atoms with Gasteiger partial charge in [0.2, 0.25) is 5.91 Å². The fraction of sp³-hybridized carbons (Fsp3) is 0.333. The highest BCUT2D eigenvalue weighted by Crippen LogP contribution is 2.14. The lowest BCUT2D eigenvalue weighted by molar-refractivity contribution is -0.165. The summed E-state index contributed by atoms with van der Waals surface area (Å²) in [7, 11) is 0. The predicted octanol–water partition coefficient (Wildman–Crippen LogP) is 0.638. The molecule has 1 unspecified atom stereocenters. The van der Waals surface area contributed by atoms with Gasteiger partial charge < -0.3 is 14.7 Å². The third kappa shape index (κ3) is 2.65. The van der Waals surface area contributed by atoms with Gasteiger partial charge in [0, 0.05) is 12.1 Å². The summed E-state index contributed by atoms with van der Waals surface area (Å²) in [4.78, 5) is 23.6. The topological polar surface area (TPSA) is 66.8 Å². The monoisotopic (exact) mass is 253 g/mol. The second-order valence-corrected chi connectivity index (χ2v) is 4.00. The number of benzene rings is 1. The van der Waals surface area contributed by atoms with E-state index in [1.54, 1.807) is 18.2 Å². The van der Waals surface area contributed by atoms with Crippen molar-refractivity contribution in [1.29, 1.82) is 0 Å². The molecule has 0 aliphatic carbocycles. The molecule has 1 amide bonds. The molecule has 96 valence electrons. The highest BCUT2D eigenvalue weighted by atomic mass is 19.1. The van der Waals surface area contributed by atoms with E-state index in [0.717, 1.165) is 0 Å². The van der Waals surface area contributed by atoms with Crippen molar-refractivity contribution < 1.29 is 23.8 Å². The van der Waals surface area contributed by atoms with E-state index in [9.17, 15) is 14.0 Å². The largest absolute Gasteiger partial charge is 0.479 e. The van der Waals surface area contributed by atoms with Gasteiger partial charge in [-0.25, -0.2) is 9.18 Å². The number of ether oxygens (including phenoxy) is 1. The van der Waals surface area contributed by atoms with Crippen molar-refractivity contribution in [3.63, 3.8) is 0 Å². The number of carboxylic acids is 1. The molecule has 1 aromatic carbocycles. The molecule has 1 aliphatic heterocycles. The molecule has 5 nitrogen and oxygen atoms in total. The summed E-state index contributed by atoms with van der Waals surface area (Å²) in [5, 5.41) is 8.83. The predicted molar refractivity (Wildman–Crippen MR) is 59.2 cm³/mol. The minimum absolute atomic E-state index is 0.0542. The van der Waals surface area contributed by atoms with Crippen LogP contribution >= 0.6 is 0 Å². The molecule has 1 N–H and O–H groups in total. The van der Waals surface area contributed by atoms with Crippen molar-refractivity contribution in [1.82, 2.24) is 4.90 Å². The number of aliphatic carboxylic acids is 1. The molecular weight excluding hydrogens is 241 g/mol. The van der Waals surface area contributed by atoms with Gasteiger partial charge in [-0.1, -0.05) is 18.2 Å². The Bertz CT molecular complexity index is 477. The Morgan fingerprint density at radius 2 is 2.22 bits per heavy atom. The van der Waals surface area contributed by atoms with E-state index in [1.807, 2.05) is 0 Å². The summed E-state index contributed by atoms with van der Waals surface area (Å²) >= 11 is 0. The molecule has 1 heterocycles. The number of carboxylic acid groups (broad SMARTS) is 1. The first-order valence-corrected chi connectivity index (χ1v) is 5.43. The van der Waals surface area contributed by atoms with E-state index >= 15 is 0 Å². The maximum absolute atomic E-state index is 13.4. The van der Waals surface area contributed by atoms with Gasteiger partial charge in [0.05, 0.1) is 6.54 Å². The van der Waals surface area contributed by atoms with Crippen molar-refractivity contribution in [2.45, 2.75) is 12.6 Å². The maximum Gasteiger partial charge on any atom is 0.334 e. The van der Waals surface area contributed by atoms with Gasteiger partial charge in [-0.3, -0.25) is 4.79 Å². The van der Waals surface area contributed by atoms with E-state index in [-0.39, 0.29) is 25.6 Å². The summed E-state index contributed by atoms with van der Waals surface area (Å²) in [6.45, 7) is -0.299. The van der Waals surface area contributed by atoms with Crippen LogP contribution in [-0.4, -0.2) is 41.1 Å². The second-order valence-electron chi connectivity index (χ2n) is 4.00. The van der Waals surface area contributed by atoms with Crippen LogP contribution in [0.5, 0.6) is 0 Å². The third-order valence-electron chi connectivity index (χ3n) is 2.74. The smallest absolute Gasteiger partial charge is 0.334 e. The summed E-state index contributed by atoms with van der Waals surface area (Å²) < 4.78 is 18.3. The number of hydrogen-bond donors (Lipinski definition) is 1. The van der Waals surface area contributed by atoms with E-state index < -0.39 is 17.9 Å². The molecule has 0 spiro atoms. The average molecular weight is 253 g/mol. The molecule has 0 radical (unpaired) electrons. The minimum atomic E-state index is -1.12. The number of carbonyl (C=O) groups excluding carboxylic acids is 1. The van der Waals surface area contributed by atoms with Crippen LogP contribution in [0.4, 0.5) is 4.39 Å². The zero-order chi connectivity index (χ0) is 13.1. The van der Waals surface area contributed by atoms with Crippen LogP contribution in [-0.2, 0) is 20.9 Å². The highest BCUT2D eigenvalue weighted by molar-refractivity contribution is 5.81. The first kappa shape index (κ1) is 12.5. The molecule has 1 atom stereocenters. The number of carbonyl (C=O) groups is 2. The van der Waals surface area contributed by atoms with Gasteiger partial charge in [-0.15, -0.1) is 0 Å². The lowest BCUT2D eigenvalue weighted by Crippen LogP contribution is -2.49. The molecule has 2 rings (SSSR count). The van der Waals surface area contributed by atoms with Gasteiger partial charge >= 0.3 is 5.97 Å². The Morgan fingerprint density at radius 3 is 2.89 bits per heavy atom. The Kier molecular flexibility index (Phi) is 3.57. The number of rotatable bonds is 3. The first-order valence-electron chi connectivity index (χ1n) is 5.43. The quantitative estimate of drug-likeness (QED) is 0.858. The van der Waals surface area contributed by atoms with Crippen molar-refractivity contribution >= 4 is 11.9 Å². The van der Waals surface area contributed by atoms with Crippen LogP contribution in [0.2, 0.25) is 0 Å². The molecule has 6 heteroatoms. The molecule has 0 aromatic heterocycles. The fourth-order valence-corrected chi connectivity index (χ4v) is 1.75. The lowest BCUT2D eigenvalue weighted by Gasteiger charge is -2.30. The van der Waals surface area contributed by atoms with Crippen molar-refractivity contribution in [2.24, 2.45) is 0 Å². The number of morpholine rings is 1. The van der Waals surface area contributed by atoms with E-state index in [4.69, 9.17) is 9.84 Å². The molecule has 18 heavy (non-hydrogen) atoms. The van der Waals surface area contributed by atoms with Crippen LogP contribution in [0.3, 0.4) is 0 Å². The molecular formula is C12H12FNO4. The van der Waals surface area contributed by atoms with Crippen LogP contribution in [0.25, 0.3) is 0 Å². The van der Waals surface area contributed by atoms with Crippen LogP contribution in [0.15, 0.2) is 24.3 Å². The van der Waals surface area contributed by atoms with Crippen LogP contribution in [0.1, 0.15) is 5.56 Å². The van der Waals surface area contributed by atoms with Gasteiger partial charge in [0.15, 0.2) is 6.10 Å². The molecule has 1 saturated heterocycles. The third-order valence-corrected chi connectivity index (χ3v) is 2.74. The molecule has 0 saturated carbocycles. The standard InChI is InChI=1S/C12H12FNO4/c13-9-4-2-1-3-8(9)5-14-6-10(12(16)17)18-7-11(14)15/h1-4,10H,5-7H2,(H,16,17). The van der Waals surface area contributed by atoms with Gasteiger partial charge in [-0.05, 0) is 6.07 Å². The van der Waals surface area contributed by atoms with Crippen molar-refractivity contribution in [3.8, 4) is 0 Å². The Labute approximate surface area is 103 Å². The van der Waals surface area contributed by atoms with Crippen molar-refractivity contribution in [3.05, 3.63) is 35.6 Å². The summed E-state index contributed by atoms with van der Waals surface area (Å²) in [5.74, 6) is -1.87. The SMILES string of the molecule is O=C(O)C1CN(Cc2ccccc2F)C(=O)CO1. The van der Waals surface area contributed by atoms with Crippen molar-refractivity contribution in [2.75, 3.05) is 13.2 Å². The molecule has 1 fully saturated rings. The number of nitrogens with zero attached hydrogens (tertiary/aromatic N) is 1. The average Bonchev–Trinajstić information content (AvgIpc) is 2.34. The van der Waals surface area contributed by atoms with Gasteiger partial charge in [0.25, 0.3) is 0 Å². The molecule has 1 aromatic rings. The Morgan fingerprint density at radius 1 is 1.50 bits per heavy atom. The van der Waals surface area contributed by atoms with E-state index in [2.05, 4.69) is 0 Å². The molecule has 1 aliphatic rings. The van der Waals surface area contributed by atoms with Gasteiger partial charge in [-0.2, -0.15) is 0 Å². The Hall–Kier alpha value is -1.95. The zero-order valence-corrected chi connectivity index (χ0v) is 9.51. The summed E-state index contributed by atoms with van der Waals surface area (Å²) in [6, 6.07) is 6.08. The van der Waals surface area contributed by atoms with Crippen LogP contribution < -0.4 is 0 Å². The summed E-state index contributed by atoms with van der Waals surface area (Å²) in [5.41, 5.74) is 0.358. The first-order chi connectivity index (χ1) is 8.58. The van der Waals surface area contributed by atoms with E-state index in [0.29, 0.717) is 5.56 Å². The van der Waals surface area contributed by atoms with Gasteiger partial charge in [0.1, 0.15) is 12.4 Å². The van der Waals surface area contributed by atoms with E-state index in [1.165, 1.54) is 11.0 Å². The minimum Gasteiger partial charge on any atom is -0.479 e. The lowest BCUT2D eigenvalue weighted by atomic mass is 10.1. The number of hydrogen-bond acceptors (Lipinski definition) is 3. The Balaban J connectivity index is 2.10. The highest BCUT2D eigenvalue weighted by Gasteiger charge is 2.31. The number of amides is 1. The second kappa shape index (κ2) is 5.14. The maximum atomic E-state index is 13.4. The summed E-state index contributed by atoms with van der Waals surface area (Å²) in [6.07, 6.45) is -1.05.